The molecule has 0 saturated carbocycles. The van der Waals surface area contributed by atoms with E-state index < -0.39 is 0 Å². The molecular formula is C14H16N2O. The summed E-state index contributed by atoms with van der Waals surface area (Å²) in [6, 6.07) is 8.05. The summed E-state index contributed by atoms with van der Waals surface area (Å²) in [5, 5.41) is 4.47. The predicted octanol–water partition coefficient (Wildman–Crippen LogP) is 3.08. The van der Waals surface area contributed by atoms with Crippen LogP contribution in [0.5, 0.6) is 0 Å². The molecular weight excluding hydrogens is 212 g/mol. The standard InChI is InChI=1S/C14H16N2O/c1-3-7-16-9-13(10-17)14(15-16)12-6-4-5-11(2)8-12/h4-6,8-10H,3,7H2,1-2H3. The summed E-state index contributed by atoms with van der Waals surface area (Å²) in [5.74, 6) is 0. The molecule has 1 aromatic carbocycles. The minimum absolute atomic E-state index is 0.657. The van der Waals surface area contributed by atoms with Crippen molar-refractivity contribution in [3.05, 3.63) is 41.6 Å². The van der Waals surface area contributed by atoms with E-state index in [0.717, 1.165) is 30.5 Å². The molecule has 0 unspecified atom stereocenters. The Balaban J connectivity index is 2.46. The number of carbonyl (C=O) groups excluding carboxylic acids is 1. The number of benzene rings is 1. The van der Waals surface area contributed by atoms with E-state index in [1.54, 1.807) is 0 Å². The number of aldehydes is 1. The van der Waals surface area contributed by atoms with Gasteiger partial charge in [0, 0.05) is 18.3 Å². The van der Waals surface area contributed by atoms with Crippen molar-refractivity contribution in [2.75, 3.05) is 0 Å². The molecule has 0 aliphatic rings. The van der Waals surface area contributed by atoms with Gasteiger partial charge in [0.05, 0.1) is 5.56 Å². The van der Waals surface area contributed by atoms with E-state index in [1.807, 2.05) is 42.1 Å². The highest BCUT2D eigenvalue weighted by Crippen LogP contribution is 2.21. The molecule has 88 valence electrons. The van der Waals surface area contributed by atoms with Crippen molar-refractivity contribution in [1.29, 1.82) is 0 Å². The van der Waals surface area contributed by atoms with Gasteiger partial charge < -0.3 is 0 Å². The molecule has 0 atom stereocenters. The maximum absolute atomic E-state index is 11.0. The average Bonchev–Trinajstić information content (AvgIpc) is 2.73. The Kier molecular flexibility index (Phi) is 3.38. The van der Waals surface area contributed by atoms with Crippen LogP contribution in [0, 0.1) is 6.92 Å². The van der Waals surface area contributed by atoms with E-state index in [4.69, 9.17) is 0 Å². The summed E-state index contributed by atoms with van der Waals surface area (Å²) in [6.45, 7) is 4.97. The second-order valence-electron chi connectivity index (χ2n) is 4.18. The van der Waals surface area contributed by atoms with Crippen LogP contribution in [0.3, 0.4) is 0 Å². The molecule has 0 spiro atoms. The third kappa shape index (κ3) is 2.44. The lowest BCUT2D eigenvalue weighted by Gasteiger charge is -2.00. The lowest BCUT2D eigenvalue weighted by molar-refractivity contribution is 0.112. The second kappa shape index (κ2) is 4.95. The zero-order valence-electron chi connectivity index (χ0n) is 10.2. The van der Waals surface area contributed by atoms with Gasteiger partial charge in [-0.05, 0) is 19.4 Å². The third-order valence-corrected chi connectivity index (χ3v) is 2.66. The monoisotopic (exact) mass is 228 g/mol. The number of hydrogen-bond acceptors (Lipinski definition) is 2. The molecule has 3 heteroatoms. The first kappa shape index (κ1) is 11.6. The van der Waals surface area contributed by atoms with Gasteiger partial charge in [0.2, 0.25) is 0 Å². The van der Waals surface area contributed by atoms with Crippen molar-refractivity contribution >= 4 is 6.29 Å². The van der Waals surface area contributed by atoms with Crippen molar-refractivity contribution in [3.63, 3.8) is 0 Å². The smallest absolute Gasteiger partial charge is 0.153 e. The molecule has 0 saturated heterocycles. The van der Waals surface area contributed by atoms with E-state index in [9.17, 15) is 4.79 Å². The maximum Gasteiger partial charge on any atom is 0.153 e. The van der Waals surface area contributed by atoms with Crippen molar-refractivity contribution in [2.24, 2.45) is 0 Å². The summed E-state index contributed by atoms with van der Waals surface area (Å²) in [7, 11) is 0. The molecule has 0 bridgehead atoms. The fourth-order valence-corrected chi connectivity index (χ4v) is 1.88. The van der Waals surface area contributed by atoms with Crippen LogP contribution in [0.1, 0.15) is 29.3 Å². The van der Waals surface area contributed by atoms with Gasteiger partial charge in [0.1, 0.15) is 5.69 Å². The van der Waals surface area contributed by atoms with E-state index in [2.05, 4.69) is 12.0 Å². The summed E-state index contributed by atoms with van der Waals surface area (Å²) in [5.41, 5.74) is 3.60. The van der Waals surface area contributed by atoms with Crippen LogP contribution in [0.15, 0.2) is 30.5 Å². The highest BCUT2D eigenvalue weighted by atomic mass is 16.1. The van der Waals surface area contributed by atoms with E-state index in [-0.39, 0.29) is 0 Å². The lowest BCUT2D eigenvalue weighted by Crippen LogP contribution is -1.96. The van der Waals surface area contributed by atoms with E-state index in [1.165, 1.54) is 5.56 Å². The molecule has 0 aliphatic heterocycles. The normalized spacial score (nSPS) is 10.5. The van der Waals surface area contributed by atoms with Crippen LogP contribution in [0.2, 0.25) is 0 Å². The first-order valence-corrected chi connectivity index (χ1v) is 5.84. The van der Waals surface area contributed by atoms with Gasteiger partial charge in [-0.3, -0.25) is 9.48 Å². The highest BCUT2D eigenvalue weighted by Gasteiger charge is 2.10. The van der Waals surface area contributed by atoms with Crippen molar-refractivity contribution < 1.29 is 4.79 Å². The average molecular weight is 228 g/mol. The molecule has 1 aromatic heterocycles. The second-order valence-corrected chi connectivity index (χ2v) is 4.18. The number of rotatable bonds is 4. The van der Waals surface area contributed by atoms with Crippen LogP contribution in [0.25, 0.3) is 11.3 Å². The van der Waals surface area contributed by atoms with Gasteiger partial charge in [-0.2, -0.15) is 5.10 Å². The molecule has 3 nitrogen and oxygen atoms in total. The van der Waals surface area contributed by atoms with Gasteiger partial charge >= 0.3 is 0 Å². The topological polar surface area (TPSA) is 34.9 Å². The molecule has 2 aromatic rings. The molecule has 0 radical (unpaired) electrons. The fraction of sp³-hybridized carbons (Fsp3) is 0.286. The van der Waals surface area contributed by atoms with Crippen LogP contribution in [-0.2, 0) is 6.54 Å². The Hall–Kier alpha value is -1.90. The van der Waals surface area contributed by atoms with Crippen LogP contribution < -0.4 is 0 Å². The zero-order chi connectivity index (χ0) is 12.3. The fourth-order valence-electron chi connectivity index (χ4n) is 1.88. The molecule has 0 N–H and O–H groups in total. The molecule has 0 fully saturated rings. The number of hydrogen-bond donors (Lipinski definition) is 0. The summed E-state index contributed by atoms with van der Waals surface area (Å²) >= 11 is 0. The Morgan fingerprint density at radius 2 is 2.24 bits per heavy atom. The largest absolute Gasteiger partial charge is 0.298 e. The first-order valence-electron chi connectivity index (χ1n) is 5.84. The molecule has 1 heterocycles. The quantitative estimate of drug-likeness (QED) is 0.754. The number of carbonyl (C=O) groups is 1. The van der Waals surface area contributed by atoms with Crippen LogP contribution in [0.4, 0.5) is 0 Å². The lowest BCUT2D eigenvalue weighted by atomic mass is 10.1. The van der Waals surface area contributed by atoms with Gasteiger partial charge in [0.25, 0.3) is 0 Å². The Bertz CT molecular complexity index is 529. The highest BCUT2D eigenvalue weighted by molar-refractivity contribution is 5.85. The van der Waals surface area contributed by atoms with E-state index >= 15 is 0 Å². The van der Waals surface area contributed by atoms with Crippen LogP contribution >= 0.6 is 0 Å². The van der Waals surface area contributed by atoms with Crippen molar-refractivity contribution in [2.45, 2.75) is 26.8 Å². The summed E-state index contributed by atoms with van der Waals surface area (Å²) in [4.78, 5) is 11.0. The summed E-state index contributed by atoms with van der Waals surface area (Å²) in [6.07, 6.45) is 3.69. The van der Waals surface area contributed by atoms with Gasteiger partial charge in [-0.1, -0.05) is 30.7 Å². The minimum Gasteiger partial charge on any atom is -0.298 e. The minimum atomic E-state index is 0.657. The number of aromatic nitrogens is 2. The van der Waals surface area contributed by atoms with E-state index in [0.29, 0.717) is 5.56 Å². The number of aryl methyl sites for hydroxylation is 2. The van der Waals surface area contributed by atoms with Crippen molar-refractivity contribution in [3.8, 4) is 11.3 Å². The number of nitrogens with zero attached hydrogens (tertiary/aromatic N) is 2. The molecule has 2 rings (SSSR count). The predicted molar refractivity (Wildman–Crippen MR) is 68.1 cm³/mol. The first-order chi connectivity index (χ1) is 8.24. The summed E-state index contributed by atoms with van der Waals surface area (Å²) < 4.78 is 1.83. The third-order valence-electron chi connectivity index (χ3n) is 2.66. The van der Waals surface area contributed by atoms with Gasteiger partial charge in [-0.25, -0.2) is 0 Å². The van der Waals surface area contributed by atoms with Crippen LogP contribution in [-0.4, -0.2) is 16.1 Å². The SMILES string of the molecule is CCCn1cc(C=O)c(-c2cccc(C)c2)n1. The Morgan fingerprint density at radius 1 is 1.41 bits per heavy atom. The molecule has 0 aliphatic carbocycles. The zero-order valence-corrected chi connectivity index (χ0v) is 10.2. The molecule has 17 heavy (non-hydrogen) atoms. The van der Waals surface area contributed by atoms with Gasteiger partial charge in [-0.15, -0.1) is 0 Å². The van der Waals surface area contributed by atoms with Crippen molar-refractivity contribution in [1.82, 2.24) is 9.78 Å². The molecule has 0 amide bonds. The Labute approximate surface area is 101 Å². The Morgan fingerprint density at radius 3 is 2.88 bits per heavy atom. The van der Waals surface area contributed by atoms with Gasteiger partial charge in [0.15, 0.2) is 6.29 Å². The maximum atomic E-state index is 11.0.